The molecule has 9 unspecified atom stereocenters. The smallest absolute Gasteiger partial charge is 0.315 e. The maximum absolute atomic E-state index is 14.2. The number of aliphatic carboxylic acids is 1. The van der Waals surface area contributed by atoms with E-state index < -0.39 is 35.1 Å². The van der Waals surface area contributed by atoms with Gasteiger partial charge in [0, 0.05) is 18.8 Å². The topological polar surface area (TPSA) is 89.9 Å². The van der Waals surface area contributed by atoms with Gasteiger partial charge in [0.2, 0.25) is 5.79 Å². The summed E-state index contributed by atoms with van der Waals surface area (Å²) < 4.78 is 13.4. The fraction of sp³-hybridized carbons (Fsp3) is 0.900. The molecule has 0 aromatic carbocycles. The van der Waals surface area contributed by atoms with Crippen LogP contribution in [-0.2, 0) is 23.9 Å². The first-order chi connectivity index (χ1) is 16.6. The Bertz CT molecular complexity index is 1030. The quantitative estimate of drug-likeness (QED) is 0.460. The number of esters is 1. The van der Waals surface area contributed by atoms with Crippen molar-refractivity contribution in [3.63, 3.8) is 0 Å². The summed E-state index contributed by atoms with van der Waals surface area (Å²) in [6, 6.07) is 0. The molecule has 2 spiro atoms. The van der Waals surface area contributed by atoms with E-state index in [0.717, 1.165) is 38.5 Å². The lowest BCUT2D eigenvalue weighted by Gasteiger charge is -2.70. The molecule has 6 fully saturated rings. The van der Waals surface area contributed by atoms with Crippen molar-refractivity contribution in [1.29, 1.82) is 0 Å². The molecular weight excluding hydrogens is 456 g/mol. The summed E-state index contributed by atoms with van der Waals surface area (Å²) >= 11 is 0. The number of carbonyl (C=O) groups excluding carboxylic acids is 2. The van der Waals surface area contributed by atoms with E-state index in [1.54, 1.807) is 0 Å². The molecular formula is C30H44O6. The van der Waals surface area contributed by atoms with Gasteiger partial charge in [-0.05, 0) is 72.0 Å². The van der Waals surface area contributed by atoms with Crippen molar-refractivity contribution < 1.29 is 29.0 Å². The van der Waals surface area contributed by atoms with Gasteiger partial charge < -0.3 is 14.6 Å². The summed E-state index contributed by atoms with van der Waals surface area (Å²) in [7, 11) is 0. The summed E-state index contributed by atoms with van der Waals surface area (Å²) in [6.45, 7) is 13.2. The van der Waals surface area contributed by atoms with E-state index in [2.05, 4.69) is 41.5 Å². The predicted molar refractivity (Wildman–Crippen MR) is 133 cm³/mol. The summed E-state index contributed by atoms with van der Waals surface area (Å²) in [5.41, 5.74) is -2.05. The first kappa shape index (κ1) is 24.9. The van der Waals surface area contributed by atoms with E-state index >= 15 is 0 Å². The number of rotatable bonds is 1. The van der Waals surface area contributed by atoms with E-state index in [1.165, 1.54) is 0 Å². The molecule has 0 amide bonds. The van der Waals surface area contributed by atoms with Crippen molar-refractivity contribution in [2.45, 2.75) is 117 Å². The highest BCUT2D eigenvalue weighted by atomic mass is 16.7. The van der Waals surface area contributed by atoms with Crippen LogP contribution in [-0.4, -0.2) is 34.2 Å². The normalized spacial score (nSPS) is 52.7. The molecule has 2 aliphatic heterocycles. The third-order valence-electron chi connectivity index (χ3n) is 12.7. The molecule has 6 nitrogen and oxygen atoms in total. The number of hydrogen-bond acceptors (Lipinski definition) is 5. The van der Waals surface area contributed by atoms with Gasteiger partial charge in [0.1, 0.15) is 5.60 Å². The maximum Gasteiger partial charge on any atom is 0.315 e. The summed E-state index contributed by atoms with van der Waals surface area (Å²) in [5, 5.41) is 10.6. The maximum atomic E-state index is 14.2. The highest BCUT2D eigenvalue weighted by Crippen LogP contribution is 2.71. The van der Waals surface area contributed by atoms with Gasteiger partial charge >= 0.3 is 11.9 Å². The Kier molecular flexibility index (Phi) is 4.94. The van der Waals surface area contributed by atoms with Gasteiger partial charge in [0.05, 0.1) is 11.8 Å². The third kappa shape index (κ3) is 2.86. The van der Waals surface area contributed by atoms with Crippen molar-refractivity contribution in [1.82, 2.24) is 0 Å². The molecule has 4 saturated carbocycles. The molecule has 6 rings (SSSR count). The Balaban J connectivity index is 1.47. The van der Waals surface area contributed by atoms with E-state index in [4.69, 9.17) is 9.47 Å². The van der Waals surface area contributed by atoms with Gasteiger partial charge in [0.15, 0.2) is 5.78 Å². The second-order valence-electron chi connectivity index (χ2n) is 15.3. The molecule has 200 valence electrons. The Morgan fingerprint density at radius 3 is 2.11 bits per heavy atom. The van der Waals surface area contributed by atoms with Crippen molar-refractivity contribution in [3.05, 3.63) is 0 Å². The lowest BCUT2D eigenvalue weighted by molar-refractivity contribution is -0.397. The number of carboxylic acids is 1. The molecule has 0 aromatic heterocycles. The molecule has 6 aliphatic rings. The number of hydrogen-bond donors (Lipinski definition) is 1. The molecule has 6 heteroatoms. The number of ether oxygens (including phenoxy) is 2. The number of Topliss-reactive ketones (excluding diaryl/α,β-unsaturated/α-hetero) is 1. The van der Waals surface area contributed by atoms with Crippen molar-refractivity contribution in [2.24, 2.45) is 51.2 Å². The van der Waals surface area contributed by atoms with Crippen LogP contribution in [0.3, 0.4) is 0 Å². The van der Waals surface area contributed by atoms with Crippen LogP contribution in [0, 0.1) is 51.2 Å². The zero-order valence-electron chi connectivity index (χ0n) is 22.9. The summed E-state index contributed by atoms with van der Waals surface area (Å²) in [5.74, 6) is -3.97. The molecule has 9 atom stereocenters. The van der Waals surface area contributed by atoms with Crippen LogP contribution in [0.1, 0.15) is 106 Å². The predicted octanol–water partition coefficient (Wildman–Crippen LogP) is 5.76. The largest absolute Gasteiger partial charge is 0.481 e. The molecule has 2 heterocycles. The molecule has 1 N–H and O–H groups in total. The second kappa shape index (κ2) is 7.15. The average molecular weight is 501 g/mol. The van der Waals surface area contributed by atoms with Crippen LogP contribution in [0.25, 0.3) is 0 Å². The first-order valence-corrected chi connectivity index (χ1v) is 14.3. The minimum atomic E-state index is -1.32. The fourth-order valence-electron chi connectivity index (χ4n) is 11.2. The van der Waals surface area contributed by atoms with Gasteiger partial charge in [-0.3, -0.25) is 14.4 Å². The van der Waals surface area contributed by atoms with Crippen LogP contribution in [0.2, 0.25) is 0 Å². The van der Waals surface area contributed by atoms with E-state index in [0.29, 0.717) is 25.7 Å². The van der Waals surface area contributed by atoms with Crippen LogP contribution in [0.4, 0.5) is 0 Å². The van der Waals surface area contributed by atoms with Gasteiger partial charge in [-0.25, -0.2) is 0 Å². The van der Waals surface area contributed by atoms with E-state index in [9.17, 15) is 19.5 Å². The molecule has 2 saturated heterocycles. The molecule has 0 radical (unpaired) electrons. The Labute approximate surface area is 215 Å². The highest BCUT2D eigenvalue weighted by Gasteiger charge is 2.77. The zero-order chi connectivity index (χ0) is 26.1. The van der Waals surface area contributed by atoms with Gasteiger partial charge in [-0.15, -0.1) is 0 Å². The molecule has 2 bridgehead atoms. The van der Waals surface area contributed by atoms with Crippen molar-refractivity contribution >= 4 is 17.7 Å². The molecule has 4 aliphatic carbocycles. The SMILES string of the molecule is CC1(C)CCCC2(C)C(C(=O)O)C3CCC45OC3(CC12)OC(=O)C4C1(C)CCCC(C)(C)C1CC5=O. The lowest BCUT2D eigenvalue weighted by atomic mass is 9.41. The molecule has 36 heavy (non-hydrogen) atoms. The standard InChI is InChI=1S/C30H44O6/c1-25(2)10-8-13-28(6)18(25)15-20(31)29-14-9-17-21(23(32)33)27(5)12-7-11-26(3,4)19(27)16-30(17,36-29)35-24(34)22(28)29/h17-19,21-22H,7-16H2,1-6H3,(H,32,33). The van der Waals surface area contributed by atoms with Gasteiger partial charge in [-0.1, -0.05) is 54.4 Å². The minimum absolute atomic E-state index is 0.0237. The third-order valence-corrected chi connectivity index (χ3v) is 12.7. The van der Waals surface area contributed by atoms with Crippen molar-refractivity contribution in [2.75, 3.05) is 0 Å². The number of fused-ring (bicyclic) bond motifs is 3. The number of carboxylic acid groups (broad SMARTS) is 1. The minimum Gasteiger partial charge on any atom is -0.481 e. The second-order valence-corrected chi connectivity index (χ2v) is 15.3. The Morgan fingerprint density at radius 1 is 0.861 bits per heavy atom. The fourth-order valence-corrected chi connectivity index (χ4v) is 11.2. The van der Waals surface area contributed by atoms with Crippen LogP contribution in [0.5, 0.6) is 0 Å². The van der Waals surface area contributed by atoms with Gasteiger partial charge in [0.25, 0.3) is 0 Å². The first-order valence-electron chi connectivity index (χ1n) is 14.3. The average Bonchev–Trinajstić information content (AvgIpc) is 2.74. The number of carbonyl (C=O) groups is 3. The van der Waals surface area contributed by atoms with E-state index in [-0.39, 0.29) is 45.2 Å². The van der Waals surface area contributed by atoms with Crippen molar-refractivity contribution in [3.8, 4) is 0 Å². The van der Waals surface area contributed by atoms with Crippen LogP contribution < -0.4 is 0 Å². The Hall–Kier alpha value is -1.43. The summed E-state index contributed by atoms with van der Waals surface area (Å²) in [4.78, 5) is 41.2. The molecule has 0 aromatic rings. The Morgan fingerprint density at radius 2 is 1.47 bits per heavy atom. The van der Waals surface area contributed by atoms with E-state index in [1.807, 2.05) is 0 Å². The van der Waals surface area contributed by atoms with Crippen LogP contribution >= 0.6 is 0 Å². The lowest BCUT2D eigenvalue weighted by Crippen LogP contribution is -2.77. The zero-order valence-corrected chi connectivity index (χ0v) is 22.9. The highest BCUT2D eigenvalue weighted by molar-refractivity contribution is 5.96. The van der Waals surface area contributed by atoms with Gasteiger partial charge in [-0.2, -0.15) is 0 Å². The summed E-state index contributed by atoms with van der Waals surface area (Å²) in [6.07, 6.45) is 7.75. The van der Waals surface area contributed by atoms with Crippen LogP contribution in [0.15, 0.2) is 0 Å². The monoisotopic (exact) mass is 500 g/mol. The number of ketones is 1.